The average Bonchev–Trinajstić information content (AvgIpc) is 3.07. The molecule has 0 aliphatic rings. The maximum Gasteiger partial charge on any atom is 0.134 e. The number of benzene rings is 2. The third kappa shape index (κ3) is 21.6. The molecule has 2 aromatic carbocycles. The van der Waals surface area contributed by atoms with E-state index < -0.39 is 16.1 Å². The molecule has 0 spiro atoms. The van der Waals surface area contributed by atoms with Gasteiger partial charge in [0.25, 0.3) is 0 Å². The van der Waals surface area contributed by atoms with Gasteiger partial charge in [0.1, 0.15) is 27.6 Å². The van der Waals surface area contributed by atoms with Crippen LogP contribution in [0.4, 0.5) is 0 Å². The number of hydrogen-bond donors (Lipinski definition) is 0. The summed E-state index contributed by atoms with van der Waals surface area (Å²) in [6, 6.07) is 12.9. The quantitative estimate of drug-likeness (QED) is 0.0806. The van der Waals surface area contributed by atoms with Crippen molar-refractivity contribution in [2.24, 2.45) is 0 Å². The monoisotopic (exact) mass is 763 g/mol. The van der Waals surface area contributed by atoms with E-state index in [0.29, 0.717) is 0 Å². The molecule has 54 heavy (non-hydrogen) atoms. The lowest BCUT2D eigenvalue weighted by molar-refractivity contribution is 0.303. The van der Waals surface area contributed by atoms with Crippen molar-refractivity contribution in [3.8, 4) is 58.1 Å². The van der Waals surface area contributed by atoms with E-state index in [0.717, 1.165) is 48.7 Å². The van der Waals surface area contributed by atoms with Gasteiger partial charge in [-0.05, 0) is 94.6 Å². The second-order valence-electron chi connectivity index (χ2n) is 19.1. The predicted molar refractivity (Wildman–Crippen MR) is 242 cm³/mol. The molecule has 0 radical (unpaired) electrons. The van der Waals surface area contributed by atoms with Crippen molar-refractivity contribution in [1.29, 1.82) is 0 Å². The van der Waals surface area contributed by atoms with Crippen LogP contribution in [0.25, 0.3) is 0 Å². The van der Waals surface area contributed by atoms with Gasteiger partial charge >= 0.3 is 0 Å². The third-order valence-electron chi connectivity index (χ3n) is 9.14. The molecule has 0 amide bonds. The fourth-order valence-corrected chi connectivity index (χ4v) is 6.64. The van der Waals surface area contributed by atoms with Crippen molar-refractivity contribution in [3.05, 3.63) is 58.7 Å². The standard InChI is InChI=1S/C50H74O2Si2/c1-49(2,3)45-33-35-47(43(41-45)31-25-29-39-53(7,8)9)51-37-27-23-21-19-17-15-13-14-16-18-20-22-24-28-38-52-48-36-34-46(50(4,5)6)42-44(48)32-26-30-40-54(10,11)12/h33-36,41-42H,13-24,27-28,37-38H2,1-12H3. The summed E-state index contributed by atoms with van der Waals surface area (Å²) < 4.78 is 12.4. The maximum atomic E-state index is 6.22. The van der Waals surface area contributed by atoms with Crippen LogP contribution in [0.3, 0.4) is 0 Å². The zero-order valence-corrected chi connectivity index (χ0v) is 38.6. The van der Waals surface area contributed by atoms with Crippen LogP contribution in [0.2, 0.25) is 39.3 Å². The minimum atomic E-state index is -1.43. The topological polar surface area (TPSA) is 18.5 Å². The first-order valence-electron chi connectivity index (χ1n) is 21.0. The smallest absolute Gasteiger partial charge is 0.134 e. The molecule has 2 nitrogen and oxygen atoms in total. The molecule has 0 unspecified atom stereocenters. The molecule has 4 heteroatoms. The summed E-state index contributed by atoms with van der Waals surface area (Å²) in [4.78, 5) is 0. The zero-order chi connectivity index (χ0) is 40.1. The summed E-state index contributed by atoms with van der Waals surface area (Å²) in [5, 5.41) is 0. The van der Waals surface area contributed by atoms with Crippen molar-refractivity contribution in [3.63, 3.8) is 0 Å². The first kappa shape index (κ1) is 46.9. The van der Waals surface area contributed by atoms with Crippen LogP contribution in [0.15, 0.2) is 36.4 Å². The van der Waals surface area contributed by atoms with Crippen molar-refractivity contribution < 1.29 is 9.47 Å². The predicted octanol–water partition coefficient (Wildman–Crippen LogP) is 13.7. The lowest BCUT2D eigenvalue weighted by Gasteiger charge is -2.20. The molecule has 2 rings (SSSR count). The minimum absolute atomic E-state index is 0.0712. The summed E-state index contributed by atoms with van der Waals surface area (Å²) in [6.45, 7) is 28.4. The number of unbranched alkanes of at least 4 members (excludes halogenated alkanes) is 13. The molecular formula is C50H74O2Si2. The fourth-order valence-electron chi connectivity index (χ4n) is 5.76. The summed E-state index contributed by atoms with van der Waals surface area (Å²) in [5.41, 5.74) is 11.3. The SMILES string of the molecule is CC(C)(C)c1ccc(OCCCCCCCCCCCCCCCCOc2ccc(C(C)(C)C)cc2C#CC#C[Si](C)(C)C)c(C#CC#C[Si](C)(C)C)c1. The number of ether oxygens (including phenoxy) is 2. The lowest BCUT2D eigenvalue weighted by atomic mass is 9.86. The van der Waals surface area contributed by atoms with Crippen LogP contribution in [-0.4, -0.2) is 29.4 Å². The molecular weight excluding hydrogens is 689 g/mol. The second-order valence-corrected chi connectivity index (χ2v) is 28.6. The molecule has 0 saturated carbocycles. The molecule has 0 aliphatic carbocycles. The normalized spacial score (nSPS) is 11.6. The zero-order valence-electron chi connectivity index (χ0n) is 36.6. The van der Waals surface area contributed by atoms with Crippen LogP contribution in [0.1, 0.15) is 154 Å². The minimum Gasteiger partial charge on any atom is -0.492 e. The Morgan fingerprint density at radius 1 is 0.426 bits per heavy atom. The van der Waals surface area contributed by atoms with E-state index in [1.165, 1.54) is 88.2 Å². The van der Waals surface area contributed by atoms with Crippen LogP contribution in [0, 0.1) is 46.6 Å². The van der Waals surface area contributed by atoms with Crippen molar-refractivity contribution in [2.75, 3.05) is 13.2 Å². The Kier molecular flexibility index (Phi) is 20.5. The Balaban J connectivity index is 1.56. The summed E-state index contributed by atoms with van der Waals surface area (Å²) in [5.74, 6) is 20.7. The third-order valence-corrected chi connectivity index (χ3v) is 10.9. The number of hydrogen-bond acceptors (Lipinski definition) is 2. The molecule has 294 valence electrons. The van der Waals surface area contributed by atoms with E-state index >= 15 is 0 Å². The van der Waals surface area contributed by atoms with E-state index in [2.05, 4.69) is 164 Å². The molecule has 0 aliphatic heterocycles. The fraction of sp³-hybridized carbons (Fsp3) is 0.600. The Hall–Kier alpha value is -3.29. The highest BCUT2D eigenvalue weighted by molar-refractivity contribution is 6.84. The van der Waals surface area contributed by atoms with Crippen molar-refractivity contribution in [1.82, 2.24) is 0 Å². The molecule has 2 aromatic rings. The first-order chi connectivity index (χ1) is 25.4. The maximum absolute atomic E-state index is 6.22. The van der Waals surface area contributed by atoms with Gasteiger partial charge in [0.2, 0.25) is 0 Å². The second kappa shape index (κ2) is 23.6. The van der Waals surface area contributed by atoms with Gasteiger partial charge in [0, 0.05) is 0 Å². The molecule has 0 N–H and O–H groups in total. The van der Waals surface area contributed by atoms with Crippen molar-refractivity contribution in [2.45, 2.75) is 182 Å². The van der Waals surface area contributed by atoms with Gasteiger partial charge in [-0.15, -0.1) is 11.1 Å². The van der Waals surface area contributed by atoms with Crippen LogP contribution < -0.4 is 9.47 Å². The molecule has 0 heterocycles. The Bertz CT molecular complexity index is 1550. The summed E-state index contributed by atoms with van der Waals surface area (Å²) >= 11 is 0. The highest BCUT2D eigenvalue weighted by Gasteiger charge is 2.17. The highest BCUT2D eigenvalue weighted by atomic mass is 28.3. The van der Waals surface area contributed by atoms with Gasteiger partial charge in [-0.3, -0.25) is 0 Å². The van der Waals surface area contributed by atoms with Gasteiger partial charge in [-0.2, -0.15) is 0 Å². The van der Waals surface area contributed by atoms with E-state index in [1.807, 2.05) is 0 Å². The van der Waals surface area contributed by atoms with E-state index in [4.69, 9.17) is 9.47 Å². The summed E-state index contributed by atoms with van der Waals surface area (Å²) in [6.07, 6.45) is 18.0. The lowest BCUT2D eigenvalue weighted by Crippen LogP contribution is -2.16. The van der Waals surface area contributed by atoms with Crippen molar-refractivity contribution >= 4 is 16.1 Å². The molecule has 0 bridgehead atoms. The van der Waals surface area contributed by atoms with Gasteiger partial charge in [-0.1, -0.05) is 170 Å². The molecule has 0 saturated heterocycles. The van der Waals surface area contributed by atoms with Gasteiger partial charge < -0.3 is 9.47 Å². The van der Waals surface area contributed by atoms with E-state index in [9.17, 15) is 0 Å². The van der Waals surface area contributed by atoms with Crippen LogP contribution in [0.5, 0.6) is 11.5 Å². The highest BCUT2D eigenvalue weighted by Crippen LogP contribution is 2.29. The summed E-state index contributed by atoms with van der Waals surface area (Å²) in [7, 11) is -2.86. The van der Waals surface area contributed by atoms with Gasteiger partial charge in [0.15, 0.2) is 0 Å². The number of rotatable bonds is 19. The Morgan fingerprint density at radius 3 is 1.00 bits per heavy atom. The van der Waals surface area contributed by atoms with Crippen LogP contribution in [-0.2, 0) is 10.8 Å². The first-order valence-corrected chi connectivity index (χ1v) is 28.0. The molecule has 0 aromatic heterocycles. The van der Waals surface area contributed by atoms with Gasteiger partial charge in [-0.25, -0.2) is 0 Å². The largest absolute Gasteiger partial charge is 0.492 e. The van der Waals surface area contributed by atoms with Crippen LogP contribution >= 0.6 is 0 Å². The average molecular weight is 763 g/mol. The van der Waals surface area contributed by atoms with Gasteiger partial charge in [0.05, 0.1) is 24.3 Å². The molecule has 0 fully saturated rings. The van der Waals surface area contributed by atoms with E-state index in [-0.39, 0.29) is 10.8 Å². The van der Waals surface area contributed by atoms with E-state index in [1.54, 1.807) is 0 Å². The Morgan fingerprint density at radius 2 is 0.722 bits per heavy atom. The Labute approximate surface area is 335 Å². The molecule has 0 atom stereocenters.